The molecule has 0 fully saturated rings. The molecular formula is C5H9IO2. The van der Waals surface area contributed by atoms with Crippen molar-refractivity contribution in [1.82, 2.24) is 0 Å². The standard InChI is InChI=1S/C5H9IO2/c6-5(8)3-1-2-4-7/h2,4-5,7-8H,1,3H2. The smallest absolute Gasteiger partial charge is 0.105 e. The molecule has 2 N–H and O–H groups in total. The third-order valence-corrected chi connectivity index (χ3v) is 1.30. The van der Waals surface area contributed by atoms with Crippen molar-refractivity contribution in [2.45, 2.75) is 17.0 Å². The van der Waals surface area contributed by atoms with Gasteiger partial charge in [0.25, 0.3) is 0 Å². The average Bonchev–Trinajstić information content (AvgIpc) is 1.66. The predicted octanol–water partition coefficient (Wildman–Crippen LogP) is 1.59. The Hall–Kier alpha value is 0.230. The van der Waals surface area contributed by atoms with E-state index in [4.69, 9.17) is 10.2 Å². The van der Waals surface area contributed by atoms with Gasteiger partial charge in [0, 0.05) is 0 Å². The second-order valence-electron chi connectivity index (χ2n) is 1.40. The number of alkyl halides is 1. The fourth-order valence-corrected chi connectivity index (χ4v) is 0.668. The molecule has 0 radical (unpaired) electrons. The summed E-state index contributed by atoms with van der Waals surface area (Å²) in [5.41, 5.74) is 0. The summed E-state index contributed by atoms with van der Waals surface area (Å²) < 4.78 is -0.288. The third-order valence-electron chi connectivity index (χ3n) is 0.677. The summed E-state index contributed by atoms with van der Waals surface area (Å²) in [6, 6.07) is 0. The topological polar surface area (TPSA) is 40.5 Å². The van der Waals surface area contributed by atoms with Crippen LogP contribution >= 0.6 is 22.6 Å². The van der Waals surface area contributed by atoms with Gasteiger partial charge in [-0.3, -0.25) is 0 Å². The Morgan fingerprint density at radius 1 is 1.62 bits per heavy atom. The maximum atomic E-state index is 8.65. The van der Waals surface area contributed by atoms with Crippen molar-refractivity contribution in [2.24, 2.45) is 0 Å². The van der Waals surface area contributed by atoms with Crippen molar-refractivity contribution in [1.29, 1.82) is 0 Å². The van der Waals surface area contributed by atoms with Gasteiger partial charge in [0.1, 0.15) is 4.11 Å². The minimum atomic E-state index is -0.288. The van der Waals surface area contributed by atoms with E-state index in [1.807, 2.05) is 22.6 Å². The number of hydrogen-bond donors (Lipinski definition) is 2. The van der Waals surface area contributed by atoms with Crippen LogP contribution in [0.4, 0.5) is 0 Å². The molecule has 0 amide bonds. The first-order valence-electron chi connectivity index (χ1n) is 2.38. The average molecular weight is 228 g/mol. The molecule has 8 heavy (non-hydrogen) atoms. The number of hydrogen-bond acceptors (Lipinski definition) is 2. The van der Waals surface area contributed by atoms with Crippen molar-refractivity contribution in [3.05, 3.63) is 12.3 Å². The van der Waals surface area contributed by atoms with E-state index in [0.29, 0.717) is 6.42 Å². The first-order valence-corrected chi connectivity index (χ1v) is 3.63. The molecule has 0 aromatic rings. The van der Waals surface area contributed by atoms with Crippen LogP contribution in [0.1, 0.15) is 12.8 Å². The number of aliphatic hydroxyl groups is 2. The second-order valence-corrected chi connectivity index (χ2v) is 2.83. The first-order chi connectivity index (χ1) is 3.77. The predicted molar refractivity (Wildman–Crippen MR) is 41.0 cm³/mol. The lowest BCUT2D eigenvalue weighted by molar-refractivity contribution is 0.270. The number of allylic oxidation sites excluding steroid dienone is 1. The minimum Gasteiger partial charge on any atom is -0.516 e. The summed E-state index contributed by atoms with van der Waals surface area (Å²) in [5.74, 6) is 0. The molecule has 0 aromatic carbocycles. The van der Waals surface area contributed by atoms with Crippen LogP contribution in [0.15, 0.2) is 12.3 Å². The van der Waals surface area contributed by atoms with Crippen LogP contribution in [0.3, 0.4) is 0 Å². The van der Waals surface area contributed by atoms with Crippen LogP contribution in [0.25, 0.3) is 0 Å². The molecule has 0 aliphatic rings. The highest BCUT2D eigenvalue weighted by molar-refractivity contribution is 14.1. The Labute approximate surface area is 62.4 Å². The van der Waals surface area contributed by atoms with Crippen molar-refractivity contribution >= 4 is 22.6 Å². The van der Waals surface area contributed by atoms with Gasteiger partial charge in [0.15, 0.2) is 0 Å². The Morgan fingerprint density at radius 3 is 2.62 bits per heavy atom. The molecule has 2 nitrogen and oxygen atoms in total. The quantitative estimate of drug-likeness (QED) is 0.437. The van der Waals surface area contributed by atoms with E-state index in [1.165, 1.54) is 0 Å². The summed E-state index contributed by atoms with van der Waals surface area (Å²) >= 11 is 1.92. The van der Waals surface area contributed by atoms with E-state index in [9.17, 15) is 0 Å². The molecule has 0 saturated carbocycles. The van der Waals surface area contributed by atoms with E-state index in [-0.39, 0.29) is 4.11 Å². The lowest BCUT2D eigenvalue weighted by Crippen LogP contribution is -1.91. The van der Waals surface area contributed by atoms with Gasteiger partial charge in [-0.25, -0.2) is 0 Å². The van der Waals surface area contributed by atoms with Crippen molar-refractivity contribution in [3.63, 3.8) is 0 Å². The molecule has 0 spiro atoms. The van der Waals surface area contributed by atoms with Gasteiger partial charge >= 0.3 is 0 Å². The van der Waals surface area contributed by atoms with Gasteiger partial charge in [0.05, 0.1) is 6.26 Å². The van der Waals surface area contributed by atoms with Crippen LogP contribution < -0.4 is 0 Å². The molecule has 0 saturated heterocycles. The number of halogens is 1. The van der Waals surface area contributed by atoms with Crippen LogP contribution in [-0.2, 0) is 0 Å². The van der Waals surface area contributed by atoms with Crippen molar-refractivity contribution in [2.75, 3.05) is 0 Å². The van der Waals surface area contributed by atoms with Gasteiger partial charge in [-0.2, -0.15) is 0 Å². The van der Waals surface area contributed by atoms with E-state index < -0.39 is 0 Å². The van der Waals surface area contributed by atoms with Gasteiger partial charge in [-0.05, 0) is 18.9 Å². The fraction of sp³-hybridized carbons (Fsp3) is 0.600. The van der Waals surface area contributed by atoms with Crippen LogP contribution in [0, 0.1) is 0 Å². The highest BCUT2D eigenvalue weighted by atomic mass is 127. The molecule has 0 aliphatic carbocycles. The maximum Gasteiger partial charge on any atom is 0.105 e. The lowest BCUT2D eigenvalue weighted by Gasteiger charge is -1.94. The van der Waals surface area contributed by atoms with E-state index >= 15 is 0 Å². The van der Waals surface area contributed by atoms with E-state index in [2.05, 4.69) is 0 Å². The van der Waals surface area contributed by atoms with E-state index in [1.54, 1.807) is 6.08 Å². The van der Waals surface area contributed by atoms with Crippen LogP contribution in [0.2, 0.25) is 0 Å². The maximum absolute atomic E-state index is 8.65. The monoisotopic (exact) mass is 228 g/mol. The summed E-state index contributed by atoms with van der Waals surface area (Å²) in [6.07, 6.45) is 4.05. The Bertz CT molecular complexity index is 70.8. The molecule has 3 heteroatoms. The molecule has 0 rings (SSSR count). The SMILES string of the molecule is OC=CCCC(O)I. The lowest BCUT2D eigenvalue weighted by atomic mass is 10.3. The van der Waals surface area contributed by atoms with Crippen LogP contribution in [-0.4, -0.2) is 14.3 Å². The van der Waals surface area contributed by atoms with E-state index in [0.717, 1.165) is 12.7 Å². The first kappa shape index (κ1) is 8.23. The molecule has 0 aromatic heterocycles. The molecular weight excluding hydrogens is 219 g/mol. The summed E-state index contributed by atoms with van der Waals surface area (Å²) in [6.45, 7) is 0. The Morgan fingerprint density at radius 2 is 2.25 bits per heavy atom. The third kappa shape index (κ3) is 6.23. The Balaban J connectivity index is 2.93. The molecule has 1 unspecified atom stereocenters. The second kappa shape index (κ2) is 5.37. The van der Waals surface area contributed by atoms with Crippen molar-refractivity contribution < 1.29 is 10.2 Å². The van der Waals surface area contributed by atoms with Gasteiger partial charge in [-0.1, -0.05) is 22.6 Å². The minimum absolute atomic E-state index is 0.288. The van der Waals surface area contributed by atoms with Crippen molar-refractivity contribution in [3.8, 4) is 0 Å². The van der Waals surface area contributed by atoms with Gasteiger partial charge in [-0.15, -0.1) is 0 Å². The summed E-state index contributed by atoms with van der Waals surface area (Å²) in [5, 5.41) is 16.8. The molecule has 0 aliphatic heterocycles. The molecule has 0 bridgehead atoms. The number of aliphatic hydroxyl groups excluding tert-OH is 2. The molecule has 48 valence electrons. The van der Waals surface area contributed by atoms with Crippen LogP contribution in [0.5, 0.6) is 0 Å². The summed E-state index contributed by atoms with van der Waals surface area (Å²) in [4.78, 5) is 0. The van der Waals surface area contributed by atoms with Gasteiger partial charge < -0.3 is 10.2 Å². The molecule has 0 heterocycles. The zero-order chi connectivity index (χ0) is 6.41. The molecule has 1 atom stereocenters. The zero-order valence-corrected chi connectivity index (χ0v) is 6.58. The summed E-state index contributed by atoms with van der Waals surface area (Å²) in [7, 11) is 0. The Kier molecular flexibility index (Phi) is 5.52. The van der Waals surface area contributed by atoms with Gasteiger partial charge in [0.2, 0.25) is 0 Å². The largest absolute Gasteiger partial charge is 0.516 e. The zero-order valence-electron chi connectivity index (χ0n) is 4.42. The normalized spacial score (nSPS) is 14.8. The number of rotatable bonds is 3. The highest BCUT2D eigenvalue weighted by Crippen LogP contribution is 2.03. The highest BCUT2D eigenvalue weighted by Gasteiger charge is 1.91. The fourth-order valence-electron chi connectivity index (χ4n) is 0.308.